The number of rotatable bonds is 3. The van der Waals surface area contributed by atoms with Gasteiger partial charge in [-0.3, -0.25) is 4.79 Å². The van der Waals surface area contributed by atoms with Gasteiger partial charge in [-0.05, 0) is 42.4 Å². The van der Waals surface area contributed by atoms with Crippen LogP contribution in [0.15, 0.2) is 24.3 Å². The second kappa shape index (κ2) is 9.50. The summed E-state index contributed by atoms with van der Waals surface area (Å²) < 4.78 is 0. The Bertz CT molecular complexity index is 523. The van der Waals surface area contributed by atoms with Gasteiger partial charge in [-0.25, -0.2) is 0 Å². The molecule has 0 aliphatic carbocycles. The highest BCUT2D eigenvalue weighted by atomic mass is 35.5. The number of carbonyl (C=O) groups excluding carboxylic acids is 1. The Labute approximate surface area is 158 Å². The SMILES string of the molecule is CC1CCN(c2cccc(NC(=O)[C@@H](N)C(C)(C)C)c2)CC1.Cl.Cl. The lowest BCUT2D eigenvalue weighted by atomic mass is 9.87. The van der Waals surface area contributed by atoms with Gasteiger partial charge in [0.05, 0.1) is 6.04 Å². The van der Waals surface area contributed by atoms with Gasteiger partial charge in [-0.1, -0.05) is 33.8 Å². The zero-order chi connectivity index (χ0) is 16.3. The second-order valence-electron chi connectivity index (χ2n) is 7.55. The predicted molar refractivity (Wildman–Crippen MR) is 108 cm³/mol. The molecule has 1 aromatic carbocycles. The summed E-state index contributed by atoms with van der Waals surface area (Å²) in [6.07, 6.45) is 2.46. The van der Waals surface area contributed by atoms with Crippen LogP contribution in [0.1, 0.15) is 40.5 Å². The molecule has 6 heteroatoms. The van der Waals surface area contributed by atoms with Crippen molar-refractivity contribution >= 4 is 42.1 Å². The van der Waals surface area contributed by atoms with Crippen molar-refractivity contribution in [3.8, 4) is 0 Å². The van der Waals surface area contributed by atoms with E-state index in [2.05, 4.69) is 23.2 Å². The minimum Gasteiger partial charge on any atom is -0.371 e. The second-order valence-corrected chi connectivity index (χ2v) is 7.55. The molecule has 2 rings (SSSR count). The first kappa shape index (κ1) is 23.0. The van der Waals surface area contributed by atoms with E-state index in [1.54, 1.807) is 0 Å². The maximum absolute atomic E-state index is 12.2. The molecule has 24 heavy (non-hydrogen) atoms. The van der Waals surface area contributed by atoms with E-state index in [0.29, 0.717) is 0 Å². The van der Waals surface area contributed by atoms with Crippen LogP contribution >= 0.6 is 24.8 Å². The largest absolute Gasteiger partial charge is 0.371 e. The van der Waals surface area contributed by atoms with Crippen molar-refractivity contribution in [3.05, 3.63) is 24.3 Å². The molecule has 1 atom stereocenters. The Morgan fingerprint density at radius 1 is 1.25 bits per heavy atom. The molecule has 1 heterocycles. The number of anilines is 2. The summed E-state index contributed by atoms with van der Waals surface area (Å²) in [5.41, 5.74) is 7.77. The van der Waals surface area contributed by atoms with Gasteiger partial charge in [-0.15, -0.1) is 24.8 Å². The molecule has 1 aromatic rings. The quantitative estimate of drug-likeness (QED) is 0.836. The highest BCUT2D eigenvalue weighted by Gasteiger charge is 2.27. The van der Waals surface area contributed by atoms with Crippen LogP contribution in [0.5, 0.6) is 0 Å². The molecule has 0 radical (unpaired) electrons. The minimum atomic E-state index is -0.521. The molecule has 1 aliphatic rings. The van der Waals surface area contributed by atoms with Gasteiger partial charge in [-0.2, -0.15) is 0 Å². The van der Waals surface area contributed by atoms with Gasteiger partial charge < -0.3 is 16.0 Å². The summed E-state index contributed by atoms with van der Waals surface area (Å²) in [6.45, 7) is 10.4. The average Bonchev–Trinajstić information content (AvgIpc) is 2.46. The van der Waals surface area contributed by atoms with Crippen LogP contribution in [-0.2, 0) is 4.79 Å². The fourth-order valence-corrected chi connectivity index (χ4v) is 2.66. The highest BCUT2D eigenvalue weighted by molar-refractivity contribution is 5.95. The Hall–Kier alpha value is -0.970. The van der Waals surface area contributed by atoms with Gasteiger partial charge >= 0.3 is 0 Å². The minimum absolute atomic E-state index is 0. The average molecular weight is 376 g/mol. The van der Waals surface area contributed by atoms with Crippen molar-refractivity contribution in [2.75, 3.05) is 23.3 Å². The summed E-state index contributed by atoms with van der Waals surface area (Å²) >= 11 is 0. The number of nitrogens with two attached hydrogens (primary N) is 1. The first-order valence-electron chi connectivity index (χ1n) is 8.19. The van der Waals surface area contributed by atoms with E-state index in [4.69, 9.17) is 5.73 Å². The number of benzene rings is 1. The number of halogens is 2. The number of hydrogen-bond donors (Lipinski definition) is 2. The molecule has 4 nitrogen and oxygen atoms in total. The van der Waals surface area contributed by atoms with Crippen molar-refractivity contribution in [2.24, 2.45) is 17.1 Å². The number of piperidine rings is 1. The standard InChI is InChI=1S/C18H29N3O.2ClH/c1-13-8-10-21(11-9-13)15-7-5-6-14(12-15)20-17(22)16(19)18(2,3)4;;/h5-7,12-13,16H,8-11,19H2,1-4H3,(H,20,22);2*1H/t16-;;/m1../s1. The molecule has 1 aliphatic heterocycles. The van der Waals surface area contributed by atoms with Crippen LogP contribution in [0, 0.1) is 11.3 Å². The number of carbonyl (C=O) groups is 1. The lowest BCUT2D eigenvalue weighted by molar-refractivity contribution is -0.119. The fourth-order valence-electron chi connectivity index (χ4n) is 2.66. The summed E-state index contributed by atoms with van der Waals surface area (Å²) in [7, 11) is 0. The molecule has 138 valence electrons. The Morgan fingerprint density at radius 3 is 2.38 bits per heavy atom. The van der Waals surface area contributed by atoms with Gasteiger partial charge in [0.25, 0.3) is 0 Å². The van der Waals surface area contributed by atoms with Crippen molar-refractivity contribution in [1.82, 2.24) is 0 Å². The predicted octanol–water partition coefficient (Wildman–Crippen LogP) is 4.08. The first-order chi connectivity index (χ1) is 10.3. The van der Waals surface area contributed by atoms with Gasteiger partial charge in [0.15, 0.2) is 0 Å². The molecular formula is C18H31Cl2N3O. The van der Waals surface area contributed by atoms with E-state index in [1.807, 2.05) is 39.0 Å². The van der Waals surface area contributed by atoms with E-state index in [9.17, 15) is 4.79 Å². The maximum atomic E-state index is 12.2. The van der Waals surface area contributed by atoms with Crippen LogP contribution in [-0.4, -0.2) is 25.0 Å². The highest BCUT2D eigenvalue weighted by Crippen LogP contribution is 2.26. The van der Waals surface area contributed by atoms with Crippen molar-refractivity contribution in [1.29, 1.82) is 0 Å². The van der Waals surface area contributed by atoms with Crippen LogP contribution in [0.2, 0.25) is 0 Å². The van der Waals surface area contributed by atoms with E-state index >= 15 is 0 Å². The van der Waals surface area contributed by atoms with Crippen LogP contribution in [0.25, 0.3) is 0 Å². The summed E-state index contributed by atoms with van der Waals surface area (Å²) in [5.74, 6) is 0.681. The monoisotopic (exact) mass is 375 g/mol. The molecular weight excluding hydrogens is 345 g/mol. The fraction of sp³-hybridized carbons (Fsp3) is 0.611. The van der Waals surface area contributed by atoms with Crippen molar-refractivity contribution in [2.45, 2.75) is 46.6 Å². The smallest absolute Gasteiger partial charge is 0.241 e. The third-order valence-corrected chi connectivity index (χ3v) is 4.48. The topological polar surface area (TPSA) is 58.4 Å². The third kappa shape index (κ3) is 6.15. The number of nitrogens with zero attached hydrogens (tertiary/aromatic N) is 1. The van der Waals surface area contributed by atoms with Gasteiger partial charge in [0, 0.05) is 24.5 Å². The summed E-state index contributed by atoms with van der Waals surface area (Å²) in [4.78, 5) is 14.6. The molecule has 0 spiro atoms. The summed E-state index contributed by atoms with van der Waals surface area (Å²) in [6, 6.07) is 7.54. The van der Waals surface area contributed by atoms with Crippen molar-refractivity contribution < 1.29 is 4.79 Å². The van der Waals surface area contributed by atoms with E-state index in [1.165, 1.54) is 18.5 Å². The lowest BCUT2D eigenvalue weighted by Crippen LogP contribution is -2.45. The zero-order valence-electron chi connectivity index (χ0n) is 15.0. The summed E-state index contributed by atoms with van der Waals surface area (Å²) in [5, 5.41) is 2.95. The molecule has 0 unspecified atom stereocenters. The number of amides is 1. The third-order valence-electron chi connectivity index (χ3n) is 4.48. The molecule has 1 amide bonds. The van der Waals surface area contributed by atoms with Crippen LogP contribution < -0.4 is 16.0 Å². The van der Waals surface area contributed by atoms with E-state index in [-0.39, 0.29) is 36.1 Å². The van der Waals surface area contributed by atoms with Crippen molar-refractivity contribution in [3.63, 3.8) is 0 Å². The Balaban J connectivity index is 0.00000264. The molecule has 0 saturated carbocycles. The molecule has 3 N–H and O–H groups in total. The van der Waals surface area contributed by atoms with Crippen LogP contribution in [0.4, 0.5) is 11.4 Å². The van der Waals surface area contributed by atoms with E-state index < -0.39 is 6.04 Å². The maximum Gasteiger partial charge on any atom is 0.241 e. The van der Waals surface area contributed by atoms with E-state index in [0.717, 1.165) is 24.7 Å². The number of hydrogen-bond acceptors (Lipinski definition) is 3. The first-order valence-corrected chi connectivity index (χ1v) is 8.19. The number of nitrogens with one attached hydrogen (secondary N) is 1. The van der Waals surface area contributed by atoms with Crippen LogP contribution in [0.3, 0.4) is 0 Å². The van der Waals surface area contributed by atoms with Gasteiger partial charge in [0.1, 0.15) is 0 Å². The molecule has 0 bridgehead atoms. The molecule has 1 saturated heterocycles. The lowest BCUT2D eigenvalue weighted by Gasteiger charge is -2.32. The Morgan fingerprint density at radius 2 is 1.83 bits per heavy atom. The zero-order valence-corrected chi connectivity index (χ0v) is 16.7. The Kier molecular flexibility index (Phi) is 9.11. The molecule has 1 fully saturated rings. The normalized spacial score (nSPS) is 16.6. The molecule has 0 aromatic heterocycles. The van der Waals surface area contributed by atoms with Gasteiger partial charge in [0.2, 0.25) is 5.91 Å².